The van der Waals surface area contributed by atoms with Crippen molar-refractivity contribution in [1.29, 1.82) is 0 Å². The molecule has 152 valence electrons. The molecule has 6 nitrogen and oxygen atoms in total. The van der Waals surface area contributed by atoms with Crippen molar-refractivity contribution in [2.24, 2.45) is 5.92 Å². The third kappa shape index (κ3) is 4.97. The second-order valence-electron chi connectivity index (χ2n) is 6.93. The van der Waals surface area contributed by atoms with Crippen LogP contribution >= 0.6 is 27.5 Å². The number of amides is 2. The van der Waals surface area contributed by atoms with Gasteiger partial charge in [-0.25, -0.2) is 0 Å². The molecule has 8 heteroatoms. The topological polar surface area (TPSA) is 75.7 Å². The van der Waals surface area contributed by atoms with Gasteiger partial charge in [0.1, 0.15) is 0 Å². The molecule has 0 bridgehead atoms. The number of benzene rings is 2. The molecule has 1 aliphatic heterocycles. The fourth-order valence-corrected chi connectivity index (χ4v) is 3.82. The van der Waals surface area contributed by atoms with Gasteiger partial charge >= 0.3 is 5.97 Å². The minimum Gasteiger partial charge on any atom is -0.455 e. The third-order valence-corrected chi connectivity index (χ3v) is 5.90. The van der Waals surface area contributed by atoms with Crippen molar-refractivity contribution in [2.45, 2.75) is 20.3 Å². The van der Waals surface area contributed by atoms with E-state index in [-0.39, 0.29) is 18.9 Å². The first-order valence-electron chi connectivity index (χ1n) is 9.04. The summed E-state index contributed by atoms with van der Waals surface area (Å²) < 4.78 is 6.10. The molecule has 29 heavy (non-hydrogen) atoms. The first-order chi connectivity index (χ1) is 13.8. The van der Waals surface area contributed by atoms with Crippen LogP contribution in [0, 0.1) is 19.8 Å². The fourth-order valence-electron chi connectivity index (χ4n) is 3.13. The average Bonchev–Trinajstić information content (AvgIpc) is 3.06. The summed E-state index contributed by atoms with van der Waals surface area (Å²) in [5, 5.41) is 3.18. The zero-order valence-corrected chi connectivity index (χ0v) is 18.3. The second kappa shape index (κ2) is 8.97. The minimum atomic E-state index is -0.636. The van der Waals surface area contributed by atoms with E-state index in [1.807, 2.05) is 26.0 Å². The summed E-state index contributed by atoms with van der Waals surface area (Å²) in [5.74, 6) is -1.85. The molecule has 1 N–H and O–H groups in total. The van der Waals surface area contributed by atoms with E-state index in [1.165, 1.54) is 4.90 Å². The van der Waals surface area contributed by atoms with Gasteiger partial charge in [-0.15, -0.1) is 0 Å². The predicted octanol–water partition coefficient (Wildman–Crippen LogP) is 4.25. The Morgan fingerprint density at radius 1 is 1.24 bits per heavy atom. The standard InChI is InChI=1S/C21H20BrClN2O4/c1-12-8-17(13(2)7-15(12)22)24-19(26)11-29-21(28)14-9-20(27)25(10-14)18-6-4-3-5-16(18)23/h3-8,14H,9-11H2,1-2H3,(H,24,26)/t14-/m1/s1. The lowest BCUT2D eigenvalue weighted by molar-refractivity contribution is -0.151. The van der Waals surface area contributed by atoms with Crippen molar-refractivity contribution in [3.05, 3.63) is 57.0 Å². The molecule has 0 unspecified atom stereocenters. The normalized spacial score (nSPS) is 16.1. The molecule has 1 fully saturated rings. The lowest BCUT2D eigenvalue weighted by atomic mass is 10.1. The number of nitrogens with one attached hydrogen (secondary N) is 1. The number of anilines is 2. The Hall–Kier alpha value is -2.38. The van der Waals surface area contributed by atoms with Crippen molar-refractivity contribution < 1.29 is 19.1 Å². The molecule has 3 rings (SSSR count). The van der Waals surface area contributed by atoms with E-state index >= 15 is 0 Å². The zero-order valence-electron chi connectivity index (χ0n) is 16.0. The van der Waals surface area contributed by atoms with Gasteiger partial charge in [0.15, 0.2) is 6.61 Å². The number of carbonyl (C=O) groups is 3. The number of hydrogen-bond acceptors (Lipinski definition) is 4. The highest BCUT2D eigenvalue weighted by molar-refractivity contribution is 9.10. The van der Waals surface area contributed by atoms with Gasteiger partial charge in [0.2, 0.25) is 5.91 Å². The molecule has 0 spiro atoms. The summed E-state index contributed by atoms with van der Waals surface area (Å²) in [6, 6.07) is 10.7. The SMILES string of the molecule is Cc1cc(NC(=O)COC(=O)[C@@H]2CC(=O)N(c3ccccc3Cl)C2)c(C)cc1Br. The molecule has 0 aliphatic carbocycles. The van der Waals surface area contributed by atoms with E-state index in [1.54, 1.807) is 24.3 Å². The Bertz CT molecular complexity index is 979. The number of ether oxygens (including phenoxy) is 1. The van der Waals surface area contributed by atoms with Crippen LogP contribution in [0.5, 0.6) is 0 Å². The Morgan fingerprint density at radius 3 is 2.69 bits per heavy atom. The van der Waals surface area contributed by atoms with Crippen LogP contribution in [0.1, 0.15) is 17.5 Å². The van der Waals surface area contributed by atoms with Gasteiger partial charge in [0.25, 0.3) is 5.91 Å². The van der Waals surface area contributed by atoms with E-state index in [0.717, 1.165) is 15.6 Å². The number of carbonyl (C=O) groups excluding carboxylic acids is 3. The monoisotopic (exact) mass is 478 g/mol. The van der Waals surface area contributed by atoms with E-state index < -0.39 is 24.4 Å². The first kappa shape index (κ1) is 21.3. The van der Waals surface area contributed by atoms with Gasteiger partial charge in [0.05, 0.1) is 16.6 Å². The highest BCUT2D eigenvalue weighted by atomic mass is 79.9. The molecule has 0 saturated carbocycles. The summed E-state index contributed by atoms with van der Waals surface area (Å²) in [6.07, 6.45) is 0.0245. The molecule has 2 aromatic carbocycles. The summed E-state index contributed by atoms with van der Waals surface area (Å²) in [4.78, 5) is 38.3. The van der Waals surface area contributed by atoms with E-state index in [2.05, 4.69) is 21.2 Å². The van der Waals surface area contributed by atoms with E-state index in [9.17, 15) is 14.4 Å². The molecule has 1 heterocycles. The molecular formula is C21H20BrClN2O4. The maximum Gasteiger partial charge on any atom is 0.311 e. The predicted molar refractivity (Wildman–Crippen MR) is 115 cm³/mol. The van der Waals surface area contributed by atoms with Crippen molar-refractivity contribution in [2.75, 3.05) is 23.4 Å². The number of rotatable bonds is 5. The number of halogens is 2. The number of para-hydroxylation sites is 1. The Morgan fingerprint density at radius 2 is 1.97 bits per heavy atom. The van der Waals surface area contributed by atoms with E-state index in [0.29, 0.717) is 16.4 Å². The minimum absolute atomic E-state index is 0.0245. The second-order valence-corrected chi connectivity index (χ2v) is 8.19. The van der Waals surface area contributed by atoms with Crippen LogP contribution in [0.25, 0.3) is 0 Å². The number of hydrogen-bond donors (Lipinski definition) is 1. The smallest absolute Gasteiger partial charge is 0.311 e. The van der Waals surface area contributed by atoms with Crippen LogP contribution in [0.4, 0.5) is 11.4 Å². The maximum atomic E-state index is 12.4. The molecule has 1 saturated heterocycles. The maximum absolute atomic E-state index is 12.4. The summed E-state index contributed by atoms with van der Waals surface area (Å²) in [7, 11) is 0. The largest absolute Gasteiger partial charge is 0.455 e. The van der Waals surface area contributed by atoms with Crippen molar-refractivity contribution in [3.8, 4) is 0 Å². The third-order valence-electron chi connectivity index (χ3n) is 4.73. The van der Waals surface area contributed by atoms with Crippen molar-refractivity contribution in [1.82, 2.24) is 0 Å². The summed E-state index contributed by atoms with van der Waals surface area (Å²) >= 11 is 9.59. The van der Waals surface area contributed by atoms with Crippen LogP contribution in [0.15, 0.2) is 40.9 Å². The average molecular weight is 480 g/mol. The fraction of sp³-hybridized carbons (Fsp3) is 0.286. The van der Waals surface area contributed by atoms with Gasteiger partial charge < -0.3 is 15.0 Å². The van der Waals surface area contributed by atoms with Crippen LogP contribution < -0.4 is 10.2 Å². The number of aryl methyl sites for hydroxylation is 2. The highest BCUT2D eigenvalue weighted by Crippen LogP contribution is 2.31. The summed E-state index contributed by atoms with van der Waals surface area (Å²) in [5.41, 5.74) is 3.09. The van der Waals surface area contributed by atoms with Crippen LogP contribution in [0.3, 0.4) is 0 Å². The molecule has 2 aromatic rings. The molecular weight excluding hydrogens is 460 g/mol. The first-order valence-corrected chi connectivity index (χ1v) is 10.2. The Labute approximate surface area is 182 Å². The van der Waals surface area contributed by atoms with Gasteiger partial charge in [-0.1, -0.05) is 39.7 Å². The lowest BCUT2D eigenvalue weighted by Crippen LogP contribution is -2.28. The van der Waals surface area contributed by atoms with Crippen LogP contribution in [0.2, 0.25) is 5.02 Å². The van der Waals surface area contributed by atoms with Crippen molar-refractivity contribution in [3.63, 3.8) is 0 Å². The van der Waals surface area contributed by atoms with Crippen molar-refractivity contribution >= 4 is 56.7 Å². The quantitative estimate of drug-likeness (QED) is 0.651. The Balaban J connectivity index is 1.56. The van der Waals surface area contributed by atoms with Crippen LogP contribution in [-0.4, -0.2) is 30.9 Å². The lowest BCUT2D eigenvalue weighted by Gasteiger charge is -2.17. The number of nitrogens with zero attached hydrogens (tertiary/aromatic N) is 1. The molecule has 1 aliphatic rings. The van der Waals surface area contributed by atoms with Gasteiger partial charge in [-0.05, 0) is 49.2 Å². The summed E-state index contributed by atoms with van der Waals surface area (Å²) in [6.45, 7) is 3.55. The molecule has 2 amide bonds. The van der Waals surface area contributed by atoms with Gasteiger partial charge in [-0.2, -0.15) is 0 Å². The molecule has 1 atom stereocenters. The zero-order chi connectivity index (χ0) is 21.1. The number of esters is 1. The molecule has 0 radical (unpaired) electrons. The van der Waals surface area contributed by atoms with Gasteiger partial charge in [-0.3, -0.25) is 14.4 Å². The van der Waals surface area contributed by atoms with E-state index in [4.69, 9.17) is 16.3 Å². The highest BCUT2D eigenvalue weighted by Gasteiger charge is 2.37. The molecule has 0 aromatic heterocycles. The Kier molecular flexibility index (Phi) is 6.59. The van der Waals surface area contributed by atoms with Gasteiger partial charge in [0, 0.05) is 23.1 Å². The van der Waals surface area contributed by atoms with Crippen LogP contribution in [-0.2, 0) is 19.1 Å².